The van der Waals surface area contributed by atoms with E-state index in [2.05, 4.69) is 10.6 Å². The summed E-state index contributed by atoms with van der Waals surface area (Å²) in [5.74, 6) is -0.332. The molecular weight excluding hydrogens is 374 g/mol. The van der Waals surface area contributed by atoms with Gasteiger partial charge in [0.05, 0.1) is 12.5 Å². The molecule has 0 aliphatic rings. The molecule has 0 saturated heterocycles. The van der Waals surface area contributed by atoms with Crippen LogP contribution in [-0.2, 0) is 4.79 Å². The van der Waals surface area contributed by atoms with Gasteiger partial charge in [0.1, 0.15) is 0 Å². The van der Waals surface area contributed by atoms with Gasteiger partial charge in [-0.2, -0.15) is 0 Å². The highest BCUT2D eigenvalue weighted by molar-refractivity contribution is 5.94. The van der Waals surface area contributed by atoms with Gasteiger partial charge in [-0.05, 0) is 30.5 Å². The van der Waals surface area contributed by atoms with Crippen molar-refractivity contribution in [3.63, 3.8) is 0 Å². The standard InChI is InChI=1S/C22H29N3O2.ClH/c1-3-22(23,4-2)16-24-20(26)15-19(17-11-7-5-8-12-17)25-21(27)18-13-9-6-10-14-18;/h5-14,19H,3-4,15-16,23H2,1-2H3,(H,24,26)(H,25,27);1H. The molecule has 4 N–H and O–H groups in total. The summed E-state index contributed by atoms with van der Waals surface area (Å²) in [6.07, 6.45) is 1.74. The molecule has 2 aromatic carbocycles. The Labute approximate surface area is 173 Å². The first kappa shape index (κ1) is 23.7. The van der Waals surface area contributed by atoms with Gasteiger partial charge in [0.15, 0.2) is 0 Å². The Morgan fingerprint density at radius 2 is 1.50 bits per heavy atom. The summed E-state index contributed by atoms with van der Waals surface area (Å²) < 4.78 is 0. The molecule has 0 bridgehead atoms. The van der Waals surface area contributed by atoms with Crippen LogP contribution in [0.2, 0.25) is 0 Å². The molecule has 2 rings (SSSR count). The lowest BCUT2D eigenvalue weighted by Crippen LogP contribution is -2.49. The van der Waals surface area contributed by atoms with Crippen molar-refractivity contribution >= 4 is 24.2 Å². The number of rotatable bonds is 9. The second-order valence-corrected chi connectivity index (χ2v) is 6.85. The van der Waals surface area contributed by atoms with E-state index in [1.165, 1.54) is 0 Å². The zero-order valence-electron chi connectivity index (χ0n) is 16.5. The van der Waals surface area contributed by atoms with Crippen LogP contribution in [0, 0.1) is 0 Å². The van der Waals surface area contributed by atoms with Crippen molar-refractivity contribution in [3.8, 4) is 0 Å². The number of amides is 2. The summed E-state index contributed by atoms with van der Waals surface area (Å²) in [5.41, 5.74) is 7.32. The van der Waals surface area contributed by atoms with Gasteiger partial charge >= 0.3 is 0 Å². The molecule has 1 unspecified atom stereocenters. The van der Waals surface area contributed by atoms with Gasteiger partial charge in [0.2, 0.25) is 5.91 Å². The van der Waals surface area contributed by atoms with Crippen molar-refractivity contribution in [1.29, 1.82) is 0 Å². The van der Waals surface area contributed by atoms with E-state index >= 15 is 0 Å². The van der Waals surface area contributed by atoms with Crippen LogP contribution in [0.3, 0.4) is 0 Å². The van der Waals surface area contributed by atoms with E-state index in [1.54, 1.807) is 12.1 Å². The second-order valence-electron chi connectivity index (χ2n) is 6.85. The van der Waals surface area contributed by atoms with Crippen molar-refractivity contribution in [2.24, 2.45) is 5.73 Å². The van der Waals surface area contributed by atoms with Gasteiger partial charge in [0.25, 0.3) is 5.91 Å². The fourth-order valence-corrected chi connectivity index (χ4v) is 2.80. The first-order chi connectivity index (χ1) is 13.0. The molecule has 5 nitrogen and oxygen atoms in total. The van der Waals surface area contributed by atoms with Crippen LogP contribution in [0.5, 0.6) is 0 Å². The highest BCUT2D eigenvalue weighted by Crippen LogP contribution is 2.18. The van der Waals surface area contributed by atoms with Crippen LogP contribution in [0.15, 0.2) is 60.7 Å². The third kappa shape index (κ3) is 6.98. The van der Waals surface area contributed by atoms with Gasteiger partial charge in [-0.3, -0.25) is 9.59 Å². The molecule has 0 fully saturated rings. The van der Waals surface area contributed by atoms with E-state index < -0.39 is 11.6 Å². The average Bonchev–Trinajstić information content (AvgIpc) is 2.72. The van der Waals surface area contributed by atoms with E-state index in [0.717, 1.165) is 18.4 Å². The molecule has 0 spiro atoms. The van der Waals surface area contributed by atoms with Crippen LogP contribution in [0.4, 0.5) is 0 Å². The van der Waals surface area contributed by atoms with E-state index in [9.17, 15) is 9.59 Å². The van der Waals surface area contributed by atoms with E-state index in [4.69, 9.17) is 5.73 Å². The molecule has 0 radical (unpaired) electrons. The Bertz CT molecular complexity index is 734. The van der Waals surface area contributed by atoms with Gasteiger partial charge in [-0.25, -0.2) is 0 Å². The molecule has 28 heavy (non-hydrogen) atoms. The summed E-state index contributed by atoms with van der Waals surface area (Å²) in [6.45, 7) is 4.46. The number of nitrogens with one attached hydrogen (secondary N) is 2. The number of nitrogens with two attached hydrogens (primary N) is 1. The van der Waals surface area contributed by atoms with Gasteiger partial charge < -0.3 is 16.4 Å². The normalized spacial score (nSPS) is 11.8. The summed E-state index contributed by atoms with van der Waals surface area (Å²) >= 11 is 0. The summed E-state index contributed by atoms with van der Waals surface area (Å²) in [6, 6.07) is 18.1. The minimum Gasteiger partial charge on any atom is -0.354 e. The lowest BCUT2D eigenvalue weighted by atomic mass is 9.94. The SMILES string of the molecule is CCC(N)(CC)CNC(=O)CC(NC(=O)c1ccccc1)c1ccccc1.Cl. The molecule has 0 aliphatic carbocycles. The van der Waals surface area contributed by atoms with Crippen molar-refractivity contribution in [2.45, 2.75) is 44.7 Å². The Balaban J connectivity index is 0.00000392. The Hall–Kier alpha value is -2.37. The van der Waals surface area contributed by atoms with Crippen molar-refractivity contribution in [2.75, 3.05) is 6.54 Å². The van der Waals surface area contributed by atoms with Crippen molar-refractivity contribution in [3.05, 3.63) is 71.8 Å². The molecular formula is C22H30ClN3O2. The Kier molecular flexibility index (Phi) is 9.69. The first-order valence-electron chi connectivity index (χ1n) is 9.44. The minimum atomic E-state index is -0.408. The number of halogens is 1. The van der Waals surface area contributed by atoms with Crippen LogP contribution in [0.25, 0.3) is 0 Å². The number of hydrogen-bond acceptors (Lipinski definition) is 3. The summed E-state index contributed by atoms with van der Waals surface area (Å²) in [4.78, 5) is 25.1. The molecule has 1 atom stereocenters. The Morgan fingerprint density at radius 1 is 0.964 bits per heavy atom. The third-order valence-electron chi connectivity index (χ3n) is 4.98. The predicted molar refractivity (Wildman–Crippen MR) is 115 cm³/mol. The molecule has 2 aromatic rings. The minimum absolute atomic E-state index is 0. The summed E-state index contributed by atoms with van der Waals surface area (Å²) in [5, 5.41) is 5.90. The number of hydrogen-bond donors (Lipinski definition) is 3. The molecule has 0 heterocycles. The highest BCUT2D eigenvalue weighted by atomic mass is 35.5. The highest BCUT2D eigenvalue weighted by Gasteiger charge is 2.23. The zero-order valence-corrected chi connectivity index (χ0v) is 17.3. The number of carbonyl (C=O) groups excluding carboxylic acids is 2. The topological polar surface area (TPSA) is 84.2 Å². The number of benzene rings is 2. The first-order valence-corrected chi connectivity index (χ1v) is 9.44. The maximum atomic E-state index is 12.6. The molecule has 6 heteroatoms. The zero-order chi connectivity index (χ0) is 19.7. The van der Waals surface area contributed by atoms with Gasteiger partial charge in [-0.15, -0.1) is 12.4 Å². The largest absolute Gasteiger partial charge is 0.354 e. The fraction of sp³-hybridized carbons (Fsp3) is 0.364. The molecule has 152 valence electrons. The molecule has 0 aliphatic heterocycles. The fourth-order valence-electron chi connectivity index (χ4n) is 2.80. The van der Waals surface area contributed by atoms with E-state index in [1.807, 2.05) is 62.4 Å². The Morgan fingerprint density at radius 3 is 2.04 bits per heavy atom. The van der Waals surface area contributed by atoms with E-state index in [0.29, 0.717) is 12.1 Å². The molecule has 0 saturated carbocycles. The third-order valence-corrected chi connectivity index (χ3v) is 4.98. The maximum Gasteiger partial charge on any atom is 0.251 e. The smallest absolute Gasteiger partial charge is 0.251 e. The summed E-state index contributed by atoms with van der Waals surface area (Å²) in [7, 11) is 0. The molecule has 0 aromatic heterocycles. The quantitative estimate of drug-likeness (QED) is 0.598. The maximum absolute atomic E-state index is 12.6. The van der Waals surface area contributed by atoms with Gasteiger partial charge in [-0.1, -0.05) is 62.4 Å². The average molecular weight is 404 g/mol. The van der Waals surface area contributed by atoms with Crippen LogP contribution < -0.4 is 16.4 Å². The molecule has 2 amide bonds. The predicted octanol–water partition coefficient (Wildman–Crippen LogP) is 3.60. The monoisotopic (exact) mass is 403 g/mol. The van der Waals surface area contributed by atoms with Crippen LogP contribution >= 0.6 is 12.4 Å². The number of carbonyl (C=O) groups is 2. The van der Waals surface area contributed by atoms with Gasteiger partial charge in [0, 0.05) is 17.6 Å². The second kappa shape index (κ2) is 11.5. The lowest BCUT2D eigenvalue weighted by Gasteiger charge is -2.27. The van der Waals surface area contributed by atoms with Crippen molar-refractivity contribution < 1.29 is 9.59 Å². The van der Waals surface area contributed by atoms with Crippen LogP contribution in [-0.4, -0.2) is 23.9 Å². The van der Waals surface area contributed by atoms with E-state index in [-0.39, 0.29) is 30.6 Å². The van der Waals surface area contributed by atoms with Crippen LogP contribution in [0.1, 0.15) is 55.1 Å². The lowest BCUT2D eigenvalue weighted by molar-refractivity contribution is -0.121. The van der Waals surface area contributed by atoms with Crippen molar-refractivity contribution in [1.82, 2.24) is 10.6 Å².